The highest BCUT2D eigenvalue weighted by Crippen LogP contribution is 2.27. The molecular formula is C13H22N2O2. The third-order valence-corrected chi connectivity index (χ3v) is 3.57. The van der Waals surface area contributed by atoms with Crippen LogP contribution in [-0.4, -0.2) is 21.4 Å². The summed E-state index contributed by atoms with van der Waals surface area (Å²) in [6, 6.07) is 0. The molecule has 2 atom stereocenters. The lowest BCUT2D eigenvalue weighted by Crippen LogP contribution is -2.26. The Balaban J connectivity index is 1.87. The van der Waals surface area contributed by atoms with Crippen molar-refractivity contribution in [2.24, 2.45) is 5.92 Å². The minimum absolute atomic E-state index is 0.185. The van der Waals surface area contributed by atoms with Gasteiger partial charge in [0.2, 0.25) is 5.89 Å². The van der Waals surface area contributed by atoms with Crippen LogP contribution < -0.4 is 0 Å². The molecule has 2 unspecified atom stereocenters. The second kappa shape index (κ2) is 6.15. The normalized spacial score (nSPS) is 25.1. The van der Waals surface area contributed by atoms with E-state index < -0.39 is 0 Å². The second-order valence-corrected chi connectivity index (χ2v) is 5.02. The predicted octanol–water partition coefficient (Wildman–Crippen LogP) is 2.51. The Hall–Kier alpha value is -0.900. The summed E-state index contributed by atoms with van der Waals surface area (Å²) in [6.07, 6.45) is 8.04. The largest absolute Gasteiger partial charge is 0.393 e. The van der Waals surface area contributed by atoms with Crippen LogP contribution in [0.1, 0.15) is 57.2 Å². The quantitative estimate of drug-likeness (QED) is 0.856. The smallest absolute Gasteiger partial charge is 0.227 e. The van der Waals surface area contributed by atoms with Crippen molar-refractivity contribution < 1.29 is 9.63 Å². The number of aliphatic hydroxyl groups excluding tert-OH is 1. The number of hydrogen-bond donors (Lipinski definition) is 1. The van der Waals surface area contributed by atoms with E-state index in [1.807, 2.05) is 0 Å². The Morgan fingerprint density at radius 1 is 1.35 bits per heavy atom. The Morgan fingerprint density at radius 2 is 2.18 bits per heavy atom. The number of aliphatic hydroxyl groups is 1. The van der Waals surface area contributed by atoms with Crippen LogP contribution in [0.2, 0.25) is 0 Å². The monoisotopic (exact) mass is 238 g/mol. The van der Waals surface area contributed by atoms with E-state index in [1.54, 1.807) is 0 Å². The van der Waals surface area contributed by atoms with Gasteiger partial charge in [0, 0.05) is 12.8 Å². The molecule has 1 N–H and O–H groups in total. The summed E-state index contributed by atoms with van der Waals surface area (Å²) >= 11 is 0. The summed E-state index contributed by atoms with van der Waals surface area (Å²) < 4.78 is 5.24. The number of aryl methyl sites for hydroxylation is 1. The first kappa shape index (κ1) is 12.6. The summed E-state index contributed by atoms with van der Waals surface area (Å²) in [4.78, 5) is 4.39. The first-order valence-electron chi connectivity index (χ1n) is 6.79. The van der Waals surface area contributed by atoms with Gasteiger partial charge in [0.25, 0.3) is 0 Å². The molecule has 0 aliphatic heterocycles. The van der Waals surface area contributed by atoms with Gasteiger partial charge in [0.15, 0.2) is 5.82 Å². The first-order chi connectivity index (χ1) is 8.29. The van der Waals surface area contributed by atoms with Crippen molar-refractivity contribution in [1.29, 1.82) is 0 Å². The topological polar surface area (TPSA) is 59.2 Å². The fraction of sp³-hybridized carbons (Fsp3) is 0.846. The summed E-state index contributed by atoms with van der Waals surface area (Å²) in [6.45, 7) is 2.15. The highest BCUT2D eigenvalue weighted by Gasteiger charge is 2.25. The molecule has 0 aromatic carbocycles. The molecule has 0 radical (unpaired) electrons. The van der Waals surface area contributed by atoms with Gasteiger partial charge in [-0.1, -0.05) is 31.3 Å². The summed E-state index contributed by atoms with van der Waals surface area (Å²) in [7, 11) is 0. The third-order valence-electron chi connectivity index (χ3n) is 3.57. The predicted molar refractivity (Wildman–Crippen MR) is 64.6 cm³/mol. The Kier molecular flexibility index (Phi) is 4.54. The van der Waals surface area contributed by atoms with Crippen molar-refractivity contribution >= 4 is 0 Å². The maximum atomic E-state index is 9.89. The molecule has 1 aromatic heterocycles. The van der Waals surface area contributed by atoms with Crippen LogP contribution in [0.5, 0.6) is 0 Å². The number of rotatable bonds is 5. The first-order valence-corrected chi connectivity index (χ1v) is 6.79. The number of aromatic nitrogens is 2. The van der Waals surface area contributed by atoms with Gasteiger partial charge in [-0.25, -0.2) is 0 Å². The molecule has 96 valence electrons. The molecule has 0 saturated heterocycles. The molecule has 1 heterocycles. The zero-order valence-electron chi connectivity index (χ0n) is 10.6. The highest BCUT2D eigenvalue weighted by molar-refractivity contribution is 4.90. The van der Waals surface area contributed by atoms with E-state index in [4.69, 9.17) is 4.52 Å². The minimum atomic E-state index is -0.185. The molecule has 1 saturated carbocycles. The Labute approximate surface area is 102 Å². The van der Waals surface area contributed by atoms with Crippen LogP contribution >= 0.6 is 0 Å². The molecule has 1 fully saturated rings. The van der Waals surface area contributed by atoms with Gasteiger partial charge >= 0.3 is 0 Å². The minimum Gasteiger partial charge on any atom is -0.393 e. The molecule has 0 spiro atoms. The number of nitrogens with zero attached hydrogens (tertiary/aromatic N) is 2. The number of hydrogen-bond acceptors (Lipinski definition) is 4. The van der Waals surface area contributed by atoms with Crippen molar-refractivity contribution in [3.63, 3.8) is 0 Å². The van der Waals surface area contributed by atoms with E-state index in [1.165, 1.54) is 6.42 Å². The standard InChI is InChI=1S/C13H22N2O2/c1-2-3-8-12-14-13(17-15-12)9-10-6-4-5-7-11(10)16/h10-11,16H,2-9H2,1H3. The molecule has 0 amide bonds. The van der Waals surface area contributed by atoms with Crippen LogP contribution in [0.4, 0.5) is 0 Å². The second-order valence-electron chi connectivity index (χ2n) is 5.02. The molecule has 0 bridgehead atoms. The Bertz CT molecular complexity index is 338. The number of unbranched alkanes of at least 4 members (excludes halogenated alkanes) is 1. The molecule has 2 rings (SSSR count). The van der Waals surface area contributed by atoms with Crippen LogP contribution in [-0.2, 0) is 12.8 Å². The van der Waals surface area contributed by atoms with Gasteiger partial charge < -0.3 is 9.63 Å². The summed E-state index contributed by atoms with van der Waals surface area (Å²) in [5.74, 6) is 1.82. The van der Waals surface area contributed by atoms with E-state index in [9.17, 15) is 5.11 Å². The SMILES string of the molecule is CCCCc1noc(CC2CCCCC2O)n1. The molecule has 1 aliphatic carbocycles. The Morgan fingerprint density at radius 3 is 2.94 bits per heavy atom. The van der Waals surface area contributed by atoms with Crippen LogP contribution in [0, 0.1) is 5.92 Å². The van der Waals surface area contributed by atoms with Crippen molar-refractivity contribution in [3.8, 4) is 0 Å². The van der Waals surface area contributed by atoms with Gasteiger partial charge in [0.05, 0.1) is 6.10 Å². The molecule has 4 heteroatoms. The summed E-state index contributed by atoms with van der Waals surface area (Å²) in [5.41, 5.74) is 0. The average molecular weight is 238 g/mol. The molecule has 4 nitrogen and oxygen atoms in total. The van der Waals surface area contributed by atoms with Gasteiger partial charge in [-0.05, 0) is 25.2 Å². The van der Waals surface area contributed by atoms with Gasteiger partial charge in [-0.2, -0.15) is 4.98 Å². The molecule has 1 aliphatic rings. The van der Waals surface area contributed by atoms with Crippen LogP contribution in [0.15, 0.2) is 4.52 Å². The molecule has 1 aromatic rings. The van der Waals surface area contributed by atoms with E-state index in [-0.39, 0.29) is 6.10 Å². The van der Waals surface area contributed by atoms with Crippen molar-refractivity contribution in [1.82, 2.24) is 10.1 Å². The third kappa shape index (κ3) is 3.53. The average Bonchev–Trinajstić information content (AvgIpc) is 2.77. The molecule has 17 heavy (non-hydrogen) atoms. The summed E-state index contributed by atoms with van der Waals surface area (Å²) in [5, 5.41) is 13.9. The van der Waals surface area contributed by atoms with Crippen LogP contribution in [0.25, 0.3) is 0 Å². The van der Waals surface area contributed by atoms with E-state index in [2.05, 4.69) is 17.1 Å². The van der Waals surface area contributed by atoms with E-state index >= 15 is 0 Å². The fourth-order valence-corrected chi connectivity index (χ4v) is 2.46. The lowest BCUT2D eigenvalue weighted by atomic mass is 9.84. The lowest BCUT2D eigenvalue weighted by molar-refractivity contribution is 0.0657. The maximum absolute atomic E-state index is 9.89. The van der Waals surface area contributed by atoms with Crippen molar-refractivity contribution in [3.05, 3.63) is 11.7 Å². The molecular weight excluding hydrogens is 216 g/mol. The van der Waals surface area contributed by atoms with Crippen molar-refractivity contribution in [2.75, 3.05) is 0 Å². The van der Waals surface area contributed by atoms with Crippen LogP contribution in [0.3, 0.4) is 0 Å². The van der Waals surface area contributed by atoms with E-state index in [0.717, 1.165) is 50.8 Å². The highest BCUT2D eigenvalue weighted by atomic mass is 16.5. The van der Waals surface area contributed by atoms with Gasteiger partial charge in [0.1, 0.15) is 0 Å². The van der Waals surface area contributed by atoms with Crippen molar-refractivity contribution in [2.45, 2.75) is 64.4 Å². The maximum Gasteiger partial charge on any atom is 0.227 e. The zero-order valence-corrected chi connectivity index (χ0v) is 10.6. The van der Waals surface area contributed by atoms with Gasteiger partial charge in [-0.15, -0.1) is 0 Å². The zero-order chi connectivity index (χ0) is 12.1. The lowest BCUT2D eigenvalue weighted by Gasteiger charge is -2.26. The van der Waals surface area contributed by atoms with Gasteiger partial charge in [-0.3, -0.25) is 0 Å². The fourth-order valence-electron chi connectivity index (χ4n) is 2.46. The van der Waals surface area contributed by atoms with E-state index in [0.29, 0.717) is 11.8 Å².